The number of carboxylic acid groups (broad SMARTS) is 1. The van der Waals surface area contributed by atoms with E-state index in [2.05, 4.69) is 4.98 Å². The van der Waals surface area contributed by atoms with Crippen LogP contribution in [-0.2, 0) is 4.74 Å². The summed E-state index contributed by atoms with van der Waals surface area (Å²) < 4.78 is 5.31. The zero-order valence-corrected chi connectivity index (χ0v) is 8.42. The SMILES string of the molecule is O=C(O)c1scnc1C1CCCOC1. The highest BCUT2D eigenvalue weighted by Gasteiger charge is 2.24. The maximum atomic E-state index is 10.9. The fourth-order valence-corrected chi connectivity index (χ4v) is 2.37. The van der Waals surface area contributed by atoms with Crippen LogP contribution in [0.3, 0.4) is 0 Å². The molecule has 1 aliphatic heterocycles. The minimum atomic E-state index is -0.881. The average Bonchev–Trinajstić information content (AvgIpc) is 2.67. The predicted molar refractivity (Wildman–Crippen MR) is 51.9 cm³/mol. The highest BCUT2D eigenvalue weighted by atomic mass is 32.1. The third kappa shape index (κ3) is 1.78. The maximum absolute atomic E-state index is 10.9. The molecular formula is C9H11NO3S. The molecule has 1 saturated heterocycles. The molecule has 1 unspecified atom stereocenters. The Morgan fingerprint density at radius 2 is 2.57 bits per heavy atom. The number of hydrogen-bond acceptors (Lipinski definition) is 4. The van der Waals surface area contributed by atoms with E-state index < -0.39 is 5.97 Å². The maximum Gasteiger partial charge on any atom is 0.347 e. The molecule has 0 saturated carbocycles. The van der Waals surface area contributed by atoms with Crippen LogP contribution in [-0.4, -0.2) is 29.3 Å². The molecular weight excluding hydrogens is 202 g/mol. The lowest BCUT2D eigenvalue weighted by atomic mass is 9.98. The molecule has 0 spiro atoms. The van der Waals surface area contributed by atoms with Crippen LogP contribution in [0.5, 0.6) is 0 Å². The Hall–Kier alpha value is -0.940. The van der Waals surface area contributed by atoms with Gasteiger partial charge in [-0.15, -0.1) is 11.3 Å². The van der Waals surface area contributed by atoms with Gasteiger partial charge in [-0.1, -0.05) is 0 Å². The summed E-state index contributed by atoms with van der Waals surface area (Å²) in [5, 5.41) is 8.91. The summed E-state index contributed by atoms with van der Waals surface area (Å²) in [6.45, 7) is 1.38. The minimum Gasteiger partial charge on any atom is -0.477 e. The van der Waals surface area contributed by atoms with Gasteiger partial charge in [0, 0.05) is 12.5 Å². The Labute approximate surface area is 85.5 Å². The highest BCUT2D eigenvalue weighted by molar-refractivity contribution is 7.11. The van der Waals surface area contributed by atoms with Gasteiger partial charge < -0.3 is 9.84 Å². The minimum absolute atomic E-state index is 0.168. The molecule has 0 aromatic carbocycles. The number of aromatic nitrogens is 1. The molecule has 2 rings (SSSR count). The van der Waals surface area contributed by atoms with Crippen molar-refractivity contribution < 1.29 is 14.6 Å². The normalized spacial score (nSPS) is 22.1. The summed E-state index contributed by atoms with van der Waals surface area (Å²) in [5.41, 5.74) is 2.29. The Balaban J connectivity index is 2.21. The van der Waals surface area contributed by atoms with Gasteiger partial charge >= 0.3 is 5.97 Å². The molecule has 1 aromatic rings. The third-order valence-corrected chi connectivity index (χ3v) is 3.17. The van der Waals surface area contributed by atoms with E-state index in [0.29, 0.717) is 17.2 Å². The van der Waals surface area contributed by atoms with Gasteiger partial charge in [-0.05, 0) is 12.8 Å². The molecule has 1 aromatic heterocycles. The van der Waals surface area contributed by atoms with Crippen LogP contribution in [0.1, 0.15) is 34.1 Å². The van der Waals surface area contributed by atoms with Crippen molar-refractivity contribution in [3.05, 3.63) is 16.1 Å². The molecule has 1 fully saturated rings. The quantitative estimate of drug-likeness (QED) is 0.812. The molecule has 1 N–H and O–H groups in total. The first-order valence-corrected chi connectivity index (χ1v) is 5.41. The first-order chi connectivity index (χ1) is 6.79. The van der Waals surface area contributed by atoms with Crippen molar-refractivity contribution >= 4 is 17.3 Å². The smallest absolute Gasteiger partial charge is 0.347 e. The zero-order chi connectivity index (χ0) is 9.97. The van der Waals surface area contributed by atoms with Gasteiger partial charge in [-0.25, -0.2) is 9.78 Å². The van der Waals surface area contributed by atoms with Crippen molar-refractivity contribution in [3.8, 4) is 0 Å². The molecule has 0 amide bonds. The van der Waals surface area contributed by atoms with E-state index in [1.807, 2.05) is 0 Å². The van der Waals surface area contributed by atoms with Gasteiger partial charge in [-0.2, -0.15) is 0 Å². The molecule has 0 bridgehead atoms. The van der Waals surface area contributed by atoms with E-state index in [1.165, 1.54) is 11.3 Å². The lowest BCUT2D eigenvalue weighted by Gasteiger charge is -2.20. The number of hydrogen-bond donors (Lipinski definition) is 1. The Morgan fingerprint density at radius 1 is 1.71 bits per heavy atom. The van der Waals surface area contributed by atoms with Crippen molar-refractivity contribution in [1.82, 2.24) is 4.98 Å². The van der Waals surface area contributed by atoms with Gasteiger partial charge in [0.2, 0.25) is 0 Å². The summed E-state index contributed by atoms with van der Waals surface area (Å²) in [4.78, 5) is 15.3. The van der Waals surface area contributed by atoms with Crippen molar-refractivity contribution in [1.29, 1.82) is 0 Å². The Kier molecular flexibility index (Phi) is 2.79. The van der Waals surface area contributed by atoms with Crippen LogP contribution in [0.15, 0.2) is 5.51 Å². The molecule has 14 heavy (non-hydrogen) atoms. The van der Waals surface area contributed by atoms with Gasteiger partial charge in [0.05, 0.1) is 17.8 Å². The summed E-state index contributed by atoms with van der Waals surface area (Å²) in [6, 6.07) is 0. The van der Waals surface area contributed by atoms with E-state index in [4.69, 9.17) is 9.84 Å². The second-order valence-electron chi connectivity index (χ2n) is 3.29. The Morgan fingerprint density at radius 3 is 3.21 bits per heavy atom. The first-order valence-electron chi connectivity index (χ1n) is 4.53. The summed E-state index contributed by atoms with van der Waals surface area (Å²) in [5.74, 6) is -0.714. The van der Waals surface area contributed by atoms with Gasteiger partial charge in [-0.3, -0.25) is 0 Å². The summed E-state index contributed by atoms with van der Waals surface area (Å²) in [7, 11) is 0. The van der Waals surface area contributed by atoms with Gasteiger partial charge in [0.1, 0.15) is 4.88 Å². The van der Waals surface area contributed by atoms with Gasteiger partial charge in [0.25, 0.3) is 0 Å². The fraction of sp³-hybridized carbons (Fsp3) is 0.556. The van der Waals surface area contributed by atoms with Crippen molar-refractivity contribution in [2.24, 2.45) is 0 Å². The highest BCUT2D eigenvalue weighted by Crippen LogP contribution is 2.28. The fourth-order valence-electron chi connectivity index (χ4n) is 1.66. The van der Waals surface area contributed by atoms with Crippen LogP contribution in [0, 0.1) is 0 Å². The number of carbonyl (C=O) groups is 1. The van der Waals surface area contributed by atoms with Crippen LogP contribution >= 0.6 is 11.3 Å². The molecule has 2 heterocycles. The topological polar surface area (TPSA) is 59.4 Å². The van der Waals surface area contributed by atoms with Crippen LogP contribution in [0.4, 0.5) is 0 Å². The monoisotopic (exact) mass is 213 g/mol. The van der Waals surface area contributed by atoms with Gasteiger partial charge in [0.15, 0.2) is 0 Å². The van der Waals surface area contributed by atoms with Crippen LogP contribution in [0.2, 0.25) is 0 Å². The number of carboxylic acids is 1. The molecule has 1 aliphatic rings. The average molecular weight is 213 g/mol. The predicted octanol–water partition coefficient (Wildman–Crippen LogP) is 1.74. The van der Waals surface area contributed by atoms with Crippen molar-refractivity contribution in [2.45, 2.75) is 18.8 Å². The van der Waals surface area contributed by atoms with E-state index >= 15 is 0 Å². The van der Waals surface area contributed by atoms with Crippen LogP contribution < -0.4 is 0 Å². The molecule has 0 aliphatic carbocycles. The molecule has 4 nitrogen and oxygen atoms in total. The molecule has 76 valence electrons. The number of rotatable bonds is 2. The van der Waals surface area contributed by atoms with E-state index in [0.717, 1.165) is 19.4 Å². The van der Waals surface area contributed by atoms with Crippen molar-refractivity contribution in [3.63, 3.8) is 0 Å². The number of ether oxygens (including phenoxy) is 1. The molecule has 0 radical (unpaired) electrons. The standard InChI is InChI=1S/C9H11NO3S/c11-9(12)8-7(10-5-14-8)6-2-1-3-13-4-6/h5-6H,1-4H2,(H,11,12). The number of aromatic carboxylic acids is 1. The van der Waals surface area contributed by atoms with E-state index in [1.54, 1.807) is 5.51 Å². The second-order valence-corrected chi connectivity index (χ2v) is 4.14. The van der Waals surface area contributed by atoms with Crippen LogP contribution in [0.25, 0.3) is 0 Å². The largest absolute Gasteiger partial charge is 0.477 e. The first kappa shape index (κ1) is 9.61. The number of nitrogens with zero attached hydrogens (tertiary/aromatic N) is 1. The van der Waals surface area contributed by atoms with E-state index in [9.17, 15) is 4.79 Å². The third-order valence-electron chi connectivity index (χ3n) is 2.34. The summed E-state index contributed by atoms with van der Waals surface area (Å²) in [6.07, 6.45) is 1.96. The van der Waals surface area contributed by atoms with Crippen molar-refractivity contribution in [2.75, 3.05) is 13.2 Å². The lowest BCUT2D eigenvalue weighted by molar-refractivity contribution is 0.0684. The lowest BCUT2D eigenvalue weighted by Crippen LogP contribution is -2.17. The molecule has 5 heteroatoms. The van der Waals surface area contributed by atoms with E-state index in [-0.39, 0.29) is 5.92 Å². The summed E-state index contributed by atoms with van der Waals surface area (Å²) >= 11 is 1.19. The Bertz CT molecular complexity index is 331. The second kappa shape index (κ2) is 4.06. The zero-order valence-electron chi connectivity index (χ0n) is 7.60. The number of thiazole rings is 1. The molecule has 1 atom stereocenters.